The Labute approximate surface area is 73.0 Å². The Morgan fingerprint density at radius 2 is 2.00 bits per heavy atom. The summed E-state index contributed by atoms with van der Waals surface area (Å²) in [6.07, 6.45) is 0.106. The summed E-state index contributed by atoms with van der Waals surface area (Å²) in [5, 5.41) is 0. The van der Waals surface area contributed by atoms with Crippen molar-refractivity contribution in [2.75, 3.05) is 13.2 Å². The topological polar surface area (TPSA) is 35.5 Å². The summed E-state index contributed by atoms with van der Waals surface area (Å²) < 4.78 is 10.2. The molecule has 0 unspecified atom stereocenters. The smallest absolute Gasteiger partial charge is 0.311 e. The van der Waals surface area contributed by atoms with E-state index in [2.05, 4.69) is 0 Å². The third-order valence-electron chi connectivity index (χ3n) is 2.22. The zero-order chi connectivity index (χ0) is 9.14. The summed E-state index contributed by atoms with van der Waals surface area (Å²) in [6.45, 7) is 6.90. The van der Waals surface area contributed by atoms with Crippen molar-refractivity contribution < 1.29 is 14.3 Å². The molecule has 1 aliphatic carbocycles. The first-order chi connectivity index (χ1) is 5.72. The van der Waals surface area contributed by atoms with E-state index in [1.54, 1.807) is 0 Å². The van der Waals surface area contributed by atoms with Gasteiger partial charge in [-0.15, -0.1) is 0 Å². The van der Waals surface area contributed by atoms with Gasteiger partial charge in [0.1, 0.15) is 0 Å². The molecular formula is C9H16O3. The molecular weight excluding hydrogens is 156 g/mol. The molecule has 0 saturated heterocycles. The van der Waals surface area contributed by atoms with Crippen molar-refractivity contribution in [2.45, 2.75) is 26.9 Å². The van der Waals surface area contributed by atoms with Gasteiger partial charge in [-0.25, -0.2) is 0 Å². The van der Waals surface area contributed by atoms with Gasteiger partial charge in [0, 0.05) is 6.61 Å². The van der Waals surface area contributed by atoms with Gasteiger partial charge in [0.2, 0.25) is 0 Å². The van der Waals surface area contributed by atoms with Crippen LogP contribution in [0.1, 0.15) is 20.8 Å². The van der Waals surface area contributed by atoms with Crippen LogP contribution in [0, 0.1) is 11.8 Å². The van der Waals surface area contributed by atoms with Crippen molar-refractivity contribution in [3.63, 3.8) is 0 Å². The molecule has 3 nitrogen and oxygen atoms in total. The fourth-order valence-corrected chi connectivity index (χ4v) is 1.46. The number of esters is 1. The molecule has 1 aliphatic rings. The van der Waals surface area contributed by atoms with Crippen molar-refractivity contribution >= 4 is 5.97 Å². The van der Waals surface area contributed by atoms with Gasteiger partial charge in [0.05, 0.1) is 18.6 Å². The number of ether oxygens (including phenoxy) is 2. The maximum absolute atomic E-state index is 11.2. The highest BCUT2D eigenvalue weighted by Crippen LogP contribution is 2.42. The number of hydrogen-bond acceptors (Lipinski definition) is 3. The third-order valence-corrected chi connectivity index (χ3v) is 2.22. The molecule has 1 fully saturated rings. The summed E-state index contributed by atoms with van der Waals surface area (Å²) in [5.41, 5.74) is 0. The average Bonchev–Trinajstić information content (AvgIpc) is 2.63. The standard InChI is InChI=1S/C9H16O3/c1-4-11-8-6(3)7(8)9(10)12-5-2/h6-8H,4-5H2,1-3H3/t6-,7+,8+/m1/s1. The summed E-state index contributed by atoms with van der Waals surface area (Å²) in [6, 6.07) is 0. The van der Waals surface area contributed by atoms with Crippen LogP contribution in [0.4, 0.5) is 0 Å². The van der Waals surface area contributed by atoms with Crippen LogP contribution in [0.3, 0.4) is 0 Å². The quantitative estimate of drug-likeness (QED) is 0.598. The highest BCUT2D eigenvalue weighted by molar-refractivity contribution is 5.77. The molecule has 0 aromatic heterocycles. The molecule has 12 heavy (non-hydrogen) atoms. The molecule has 0 spiro atoms. The second-order valence-electron chi connectivity index (χ2n) is 3.06. The zero-order valence-electron chi connectivity index (χ0n) is 7.87. The number of carbonyl (C=O) groups excluding carboxylic acids is 1. The Kier molecular flexibility index (Phi) is 3.09. The van der Waals surface area contributed by atoms with Crippen molar-refractivity contribution in [3.8, 4) is 0 Å². The Morgan fingerprint density at radius 3 is 2.50 bits per heavy atom. The van der Waals surface area contributed by atoms with E-state index in [4.69, 9.17) is 9.47 Å². The maximum atomic E-state index is 11.2. The van der Waals surface area contributed by atoms with Crippen molar-refractivity contribution in [2.24, 2.45) is 11.8 Å². The Bertz CT molecular complexity index is 167. The minimum atomic E-state index is -0.108. The van der Waals surface area contributed by atoms with Crippen molar-refractivity contribution in [1.29, 1.82) is 0 Å². The first-order valence-electron chi connectivity index (χ1n) is 4.50. The largest absolute Gasteiger partial charge is 0.466 e. The van der Waals surface area contributed by atoms with Crippen LogP contribution in [0.5, 0.6) is 0 Å². The number of rotatable bonds is 4. The van der Waals surface area contributed by atoms with Crippen LogP contribution in [0.15, 0.2) is 0 Å². The normalized spacial score (nSPS) is 33.1. The van der Waals surface area contributed by atoms with E-state index in [0.29, 0.717) is 19.1 Å². The summed E-state index contributed by atoms with van der Waals surface area (Å²) >= 11 is 0. The Hall–Kier alpha value is -0.570. The van der Waals surface area contributed by atoms with Crippen molar-refractivity contribution in [1.82, 2.24) is 0 Å². The predicted molar refractivity (Wildman–Crippen MR) is 44.7 cm³/mol. The number of carbonyl (C=O) groups is 1. The fraction of sp³-hybridized carbons (Fsp3) is 0.889. The van der Waals surface area contributed by atoms with E-state index >= 15 is 0 Å². The summed E-state index contributed by atoms with van der Waals surface area (Å²) in [4.78, 5) is 11.2. The lowest BCUT2D eigenvalue weighted by Gasteiger charge is -1.99. The molecule has 1 saturated carbocycles. The maximum Gasteiger partial charge on any atom is 0.311 e. The van der Waals surface area contributed by atoms with Crippen LogP contribution in [0.2, 0.25) is 0 Å². The molecule has 0 amide bonds. The molecule has 0 radical (unpaired) electrons. The van der Waals surface area contributed by atoms with Crippen LogP contribution in [-0.2, 0) is 14.3 Å². The van der Waals surface area contributed by atoms with Crippen LogP contribution in [0.25, 0.3) is 0 Å². The third kappa shape index (κ3) is 1.78. The second kappa shape index (κ2) is 3.90. The minimum Gasteiger partial charge on any atom is -0.466 e. The lowest BCUT2D eigenvalue weighted by Crippen LogP contribution is -2.10. The molecule has 0 aromatic rings. The lowest BCUT2D eigenvalue weighted by molar-refractivity contribution is -0.145. The van der Waals surface area contributed by atoms with E-state index in [0.717, 1.165) is 0 Å². The molecule has 1 rings (SSSR count). The molecule has 0 aromatic carbocycles. The van der Waals surface area contributed by atoms with Gasteiger partial charge in [-0.05, 0) is 19.8 Å². The minimum absolute atomic E-state index is 0.00935. The SMILES string of the molecule is CCOC(=O)[C@H]1[C@@H](C)[C@@H]1OCC. The Balaban J connectivity index is 2.31. The van der Waals surface area contributed by atoms with Gasteiger partial charge in [0.25, 0.3) is 0 Å². The van der Waals surface area contributed by atoms with Gasteiger partial charge < -0.3 is 9.47 Å². The highest BCUT2D eigenvalue weighted by atomic mass is 16.5. The lowest BCUT2D eigenvalue weighted by atomic mass is 10.3. The fourth-order valence-electron chi connectivity index (χ4n) is 1.46. The molecule has 3 atom stereocenters. The predicted octanol–water partition coefficient (Wildman–Crippen LogP) is 1.22. The molecule has 0 heterocycles. The molecule has 0 bridgehead atoms. The van der Waals surface area contributed by atoms with Crippen LogP contribution in [-0.4, -0.2) is 25.3 Å². The monoisotopic (exact) mass is 172 g/mol. The summed E-state index contributed by atoms with van der Waals surface area (Å²) in [5.74, 6) is 0.220. The van der Waals surface area contributed by atoms with E-state index in [-0.39, 0.29) is 18.0 Å². The van der Waals surface area contributed by atoms with E-state index in [9.17, 15) is 4.79 Å². The van der Waals surface area contributed by atoms with Gasteiger partial charge >= 0.3 is 5.97 Å². The Morgan fingerprint density at radius 1 is 1.33 bits per heavy atom. The van der Waals surface area contributed by atoms with Gasteiger partial charge in [-0.3, -0.25) is 4.79 Å². The van der Waals surface area contributed by atoms with E-state index < -0.39 is 0 Å². The van der Waals surface area contributed by atoms with Gasteiger partial charge in [0.15, 0.2) is 0 Å². The number of hydrogen-bond donors (Lipinski definition) is 0. The first kappa shape index (κ1) is 9.52. The highest BCUT2D eigenvalue weighted by Gasteiger charge is 2.53. The zero-order valence-corrected chi connectivity index (χ0v) is 7.87. The average molecular weight is 172 g/mol. The van der Waals surface area contributed by atoms with E-state index in [1.807, 2.05) is 20.8 Å². The van der Waals surface area contributed by atoms with Crippen molar-refractivity contribution in [3.05, 3.63) is 0 Å². The molecule has 0 N–H and O–H groups in total. The van der Waals surface area contributed by atoms with Crippen LogP contribution < -0.4 is 0 Å². The van der Waals surface area contributed by atoms with Crippen LogP contribution >= 0.6 is 0 Å². The molecule has 70 valence electrons. The molecule has 0 aliphatic heterocycles. The first-order valence-corrected chi connectivity index (χ1v) is 4.50. The van der Waals surface area contributed by atoms with Gasteiger partial charge in [-0.2, -0.15) is 0 Å². The second-order valence-corrected chi connectivity index (χ2v) is 3.06. The molecule has 3 heteroatoms. The summed E-state index contributed by atoms with van der Waals surface area (Å²) in [7, 11) is 0. The van der Waals surface area contributed by atoms with Gasteiger partial charge in [-0.1, -0.05) is 6.92 Å². The van der Waals surface area contributed by atoms with E-state index in [1.165, 1.54) is 0 Å².